The first-order valence-corrected chi connectivity index (χ1v) is 4.18. The molecule has 60 valence electrons. The molecule has 1 fully saturated rings. The van der Waals surface area contributed by atoms with Gasteiger partial charge in [0.05, 0.1) is 12.0 Å². The minimum absolute atomic E-state index is 0.0593. The second kappa shape index (κ2) is 2.69. The molecule has 1 saturated carbocycles. The van der Waals surface area contributed by atoms with Crippen molar-refractivity contribution in [3.05, 3.63) is 10.6 Å². The van der Waals surface area contributed by atoms with Crippen LogP contribution < -0.4 is 0 Å². The van der Waals surface area contributed by atoms with E-state index in [1.54, 1.807) is 6.08 Å². The van der Waals surface area contributed by atoms with Crippen molar-refractivity contribution in [3.63, 3.8) is 0 Å². The van der Waals surface area contributed by atoms with Gasteiger partial charge in [0.15, 0.2) is 0 Å². The Hall–Kier alpha value is -0.190. The molecule has 3 heteroatoms. The van der Waals surface area contributed by atoms with Crippen molar-refractivity contribution in [1.82, 2.24) is 0 Å². The molecule has 1 aliphatic rings. The average Bonchev–Trinajstić information content (AvgIpc) is 2.33. The zero-order valence-corrected chi connectivity index (χ0v) is 7.95. The molecule has 1 aliphatic carbocycles. The summed E-state index contributed by atoms with van der Waals surface area (Å²) in [4.78, 5) is 0. The third kappa shape index (κ3) is 1.52. The van der Waals surface area contributed by atoms with Crippen molar-refractivity contribution in [2.45, 2.75) is 13.8 Å². The highest BCUT2D eigenvalue weighted by Crippen LogP contribution is 2.59. The number of nitrogens with zero attached hydrogens (tertiary/aromatic N) is 1. The SMILES string of the molecule is CC1(C)[C@H](C=C(Cl)Cl)[C@@H]1C#N. The van der Waals surface area contributed by atoms with Gasteiger partial charge in [-0.3, -0.25) is 0 Å². The minimum Gasteiger partial charge on any atom is -0.198 e. The van der Waals surface area contributed by atoms with Gasteiger partial charge in [0.25, 0.3) is 0 Å². The third-order valence-corrected chi connectivity index (χ3v) is 2.61. The monoisotopic (exact) mass is 189 g/mol. The molecular formula is C8H9Cl2N. The molecule has 0 saturated heterocycles. The van der Waals surface area contributed by atoms with E-state index in [2.05, 4.69) is 6.07 Å². The molecule has 0 spiro atoms. The number of nitriles is 1. The molecule has 0 heterocycles. The summed E-state index contributed by atoms with van der Waals surface area (Å²) in [6.45, 7) is 4.08. The standard InChI is InChI=1S/C8H9Cl2N/c1-8(2)5(3-7(9)10)6(8)4-11/h3,5-6H,1-2H3/t5-,6+/m1/s1. The van der Waals surface area contributed by atoms with E-state index in [-0.39, 0.29) is 21.7 Å². The van der Waals surface area contributed by atoms with E-state index in [0.717, 1.165) is 0 Å². The fraction of sp³-hybridized carbons (Fsp3) is 0.625. The van der Waals surface area contributed by atoms with Gasteiger partial charge in [-0.1, -0.05) is 37.0 Å². The van der Waals surface area contributed by atoms with Crippen LogP contribution in [0.1, 0.15) is 13.8 Å². The molecule has 0 aromatic heterocycles. The maximum atomic E-state index is 8.66. The number of rotatable bonds is 1. The Morgan fingerprint density at radius 1 is 1.55 bits per heavy atom. The van der Waals surface area contributed by atoms with E-state index >= 15 is 0 Å². The number of allylic oxidation sites excluding steroid dienone is 1. The van der Waals surface area contributed by atoms with Gasteiger partial charge in [-0.2, -0.15) is 5.26 Å². The van der Waals surface area contributed by atoms with E-state index in [1.807, 2.05) is 13.8 Å². The van der Waals surface area contributed by atoms with E-state index in [1.165, 1.54) is 0 Å². The Bertz CT molecular complexity index is 233. The second-order valence-electron chi connectivity index (χ2n) is 3.41. The van der Waals surface area contributed by atoms with E-state index in [4.69, 9.17) is 28.5 Å². The maximum Gasteiger partial charge on any atom is 0.103 e. The predicted molar refractivity (Wildman–Crippen MR) is 46.2 cm³/mol. The molecule has 0 aromatic carbocycles. The molecule has 0 bridgehead atoms. The first-order valence-electron chi connectivity index (χ1n) is 3.42. The second-order valence-corrected chi connectivity index (χ2v) is 4.42. The zero-order valence-electron chi connectivity index (χ0n) is 6.44. The first-order chi connectivity index (χ1) is 5.00. The number of hydrogen-bond donors (Lipinski definition) is 0. The normalized spacial score (nSPS) is 32.3. The Labute approximate surface area is 76.6 Å². The van der Waals surface area contributed by atoms with Crippen molar-refractivity contribution >= 4 is 23.2 Å². The Morgan fingerprint density at radius 3 is 2.36 bits per heavy atom. The molecule has 0 aliphatic heterocycles. The summed E-state index contributed by atoms with van der Waals surface area (Å²) in [5.74, 6) is 0.312. The lowest BCUT2D eigenvalue weighted by Gasteiger charge is -1.94. The Balaban J connectivity index is 2.69. The number of halogens is 2. The fourth-order valence-corrected chi connectivity index (χ4v) is 1.64. The molecule has 0 aromatic rings. The quantitative estimate of drug-likeness (QED) is 0.623. The molecule has 2 atom stereocenters. The van der Waals surface area contributed by atoms with Crippen LogP contribution in [-0.2, 0) is 0 Å². The average molecular weight is 190 g/mol. The van der Waals surface area contributed by atoms with E-state index in [9.17, 15) is 0 Å². The topological polar surface area (TPSA) is 23.8 Å². The summed E-state index contributed by atoms with van der Waals surface area (Å²) in [5, 5.41) is 8.66. The van der Waals surface area contributed by atoms with Crippen LogP contribution in [0.2, 0.25) is 0 Å². The molecule has 1 rings (SSSR count). The first kappa shape index (κ1) is 8.90. The lowest BCUT2D eigenvalue weighted by atomic mass is 10.1. The van der Waals surface area contributed by atoms with Gasteiger partial charge in [0.1, 0.15) is 4.49 Å². The highest BCUT2D eigenvalue weighted by Gasteiger charge is 2.57. The molecule has 1 nitrogen and oxygen atoms in total. The maximum absolute atomic E-state index is 8.66. The molecule has 0 N–H and O–H groups in total. The van der Waals surface area contributed by atoms with Crippen LogP contribution in [0.15, 0.2) is 10.6 Å². The summed E-state index contributed by atoms with van der Waals surface area (Å²) in [7, 11) is 0. The summed E-state index contributed by atoms with van der Waals surface area (Å²) in [6.07, 6.45) is 1.75. The van der Waals surface area contributed by atoms with Crippen molar-refractivity contribution in [3.8, 4) is 6.07 Å². The third-order valence-electron chi connectivity index (χ3n) is 2.36. The molecule has 0 unspecified atom stereocenters. The summed E-state index contributed by atoms with van der Waals surface area (Å²) in [6, 6.07) is 2.22. The van der Waals surface area contributed by atoms with Crippen LogP contribution in [0.5, 0.6) is 0 Å². The fourth-order valence-electron chi connectivity index (χ4n) is 1.37. The summed E-state index contributed by atoms with van der Waals surface area (Å²) in [5.41, 5.74) is 0.0593. The number of hydrogen-bond acceptors (Lipinski definition) is 1. The van der Waals surface area contributed by atoms with Gasteiger partial charge < -0.3 is 0 Å². The van der Waals surface area contributed by atoms with Gasteiger partial charge in [-0.25, -0.2) is 0 Å². The van der Waals surface area contributed by atoms with Crippen LogP contribution in [0.3, 0.4) is 0 Å². The minimum atomic E-state index is 0.0593. The van der Waals surface area contributed by atoms with E-state index in [0.29, 0.717) is 0 Å². The predicted octanol–water partition coefficient (Wildman–Crippen LogP) is 3.10. The van der Waals surface area contributed by atoms with Crippen LogP contribution >= 0.6 is 23.2 Å². The lowest BCUT2D eigenvalue weighted by molar-refractivity contribution is 0.589. The molecule has 11 heavy (non-hydrogen) atoms. The van der Waals surface area contributed by atoms with Crippen molar-refractivity contribution in [1.29, 1.82) is 5.26 Å². The zero-order chi connectivity index (χ0) is 8.65. The van der Waals surface area contributed by atoms with Gasteiger partial charge >= 0.3 is 0 Å². The van der Waals surface area contributed by atoms with Crippen molar-refractivity contribution < 1.29 is 0 Å². The Kier molecular flexibility index (Phi) is 2.18. The van der Waals surface area contributed by atoms with Crippen molar-refractivity contribution in [2.75, 3.05) is 0 Å². The molecule has 0 amide bonds. The van der Waals surface area contributed by atoms with E-state index < -0.39 is 0 Å². The van der Waals surface area contributed by atoms with Crippen LogP contribution in [0, 0.1) is 28.6 Å². The smallest absolute Gasteiger partial charge is 0.103 e. The largest absolute Gasteiger partial charge is 0.198 e. The summed E-state index contributed by atoms with van der Waals surface area (Å²) >= 11 is 11.0. The van der Waals surface area contributed by atoms with Gasteiger partial charge in [0, 0.05) is 5.92 Å². The highest BCUT2D eigenvalue weighted by molar-refractivity contribution is 6.55. The van der Waals surface area contributed by atoms with Gasteiger partial charge in [0.2, 0.25) is 0 Å². The lowest BCUT2D eigenvalue weighted by Crippen LogP contribution is -1.87. The van der Waals surface area contributed by atoms with Crippen LogP contribution in [0.25, 0.3) is 0 Å². The van der Waals surface area contributed by atoms with Gasteiger partial charge in [-0.15, -0.1) is 0 Å². The Morgan fingerprint density at radius 2 is 2.09 bits per heavy atom. The van der Waals surface area contributed by atoms with Crippen LogP contribution in [-0.4, -0.2) is 0 Å². The molecule has 0 radical (unpaired) electrons. The molecular weight excluding hydrogens is 181 g/mol. The summed E-state index contributed by atoms with van der Waals surface area (Å²) < 4.78 is 0.265. The van der Waals surface area contributed by atoms with Crippen LogP contribution in [0.4, 0.5) is 0 Å². The van der Waals surface area contributed by atoms with Gasteiger partial charge in [-0.05, 0) is 11.5 Å². The van der Waals surface area contributed by atoms with Crippen molar-refractivity contribution in [2.24, 2.45) is 17.3 Å². The highest BCUT2D eigenvalue weighted by atomic mass is 35.5.